The van der Waals surface area contributed by atoms with Gasteiger partial charge in [0.1, 0.15) is 4.32 Å². The first-order valence-corrected chi connectivity index (χ1v) is 4.64. The number of nitrogens with two attached hydrogens (primary N) is 1. The molecule has 60 valence electrons. The summed E-state index contributed by atoms with van der Waals surface area (Å²) in [5, 5.41) is 0. The normalized spacial score (nSPS) is 8.67. The molecule has 4 heteroatoms. The fourth-order valence-corrected chi connectivity index (χ4v) is 1.41. The van der Waals surface area contributed by atoms with Crippen LogP contribution >= 0.6 is 24.0 Å². The van der Waals surface area contributed by atoms with Gasteiger partial charge in [0.25, 0.3) is 0 Å². The zero-order valence-electron chi connectivity index (χ0n) is 6.69. The molecule has 1 aromatic carbocycles. The third-order valence-corrected chi connectivity index (χ3v) is 2.34. The average molecular weight is 223 g/mol. The summed E-state index contributed by atoms with van der Waals surface area (Å²) in [4.78, 5) is 0. The fourth-order valence-electron chi connectivity index (χ4n) is 0.729. The molecule has 0 bridgehead atoms. The van der Waals surface area contributed by atoms with E-state index in [1.54, 1.807) is 0 Å². The van der Waals surface area contributed by atoms with E-state index < -0.39 is 0 Å². The first kappa shape index (κ1) is 12.7. The SMILES string of the molecule is NC(=S)SCc1ccccc1.[Ca]. The molecule has 0 saturated carbocycles. The molecule has 1 nitrogen and oxygen atoms in total. The van der Waals surface area contributed by atoms with Gasteiger partial charge in [0.15, 0.2) is 0 Å². The van der Waals surface area contributed by atoms with Gasteiger partial charge in [-0.15, -0.1) is 0 Å². The number of hydrogen-bond donors (Lipinski definition) is 1. The van der Waals surface area contributed by atoms with Crippen molar-refractivity contribution in [1.29, 1.82) is 0 Å². The van der Waals surface area contributed by atoms with E-state index in [1.807, 2.05) is 18.2 Å². The van der Waals surface area contributed by atoms with Crippen molar-refractivity contribution in [2.75, 3.05) is 0 Å². The smallest absolute Gasteiger partial charge is 0.131 e. The van der Waals surface area contributed by atoms with E-state index in [0.29, 0.717) is 4.32 Å². The van der Waals surface area contributed by atoms with E-state index in [9.17, 15) is 0 Å². The summed E-state index contributed by atoms with van der Waals surface area (Å²) in [7, 11) is 0. The van der Waals surface area contributed by atoms with Crippen LogP contribution in [0.15, 0.2) is 30.3 Å². The van der Waals surface area contributed by atoms with E-state index in [0.717, 1.165) is 5.75 Å². The van der Waals surface area contributed by atoms with Crippen LogP contribution in [0.2, 0.25) is 0 Å². The van der Waals surface area contributed by atoms with Gasteiger partial charge >= 0.3 is 0 Å². The average Bonchev–Trinajstić information content (AvgIpc) is 2.03. The maximum atomic E-state index is 5.33. The Balaban J connectivity index is 0.00000121. The summed E-state index contributed by atoms with van der Waals surface area (Å²) in [6.07, 6.45) is 0. The third-order valence-electron chi connectivity index (χ3n) is 1.22. The Kier molecular flexibility index (Phi) is 7.58. The van der Waals surface area contributed by atoms with Gasteiger partial charge < -0.3 is 5.73 Å². The van der Waals surface area contributed by atoms with Gasteiger partial charge in [0.2, 0.25) is 0 Å². The van der Waals surface area contributed by atoms with E-state index in [2.05, 4.69) is 12.1 Å². The molecule has 0 aliphatic heterocycles. The van der Waals surface area contributed by atoms with Crippen molar-refractivity contribution >= 4 is 66.0 Å². The molecule has 2 radical (unpaired) electrons. The molecule has 12 heavy (non-hydrogen) atoms. The van der Waals surface area contributed by atoms with E-state index in [1.165, 1.54) is 17.3 Å². The quantitative estimate of drug-likeness (QED) is 0.611. The zero-order valence-corrected chi connectivity index (χ0v) is 10.5. The number of thioether (sulfide) groups is 1. The second-order valence-electron chi connectivity index (χ2n) is 2.09. The first-order chi connectivity index (χ1) is 5.29. The topological polar surface area (TPSA) is 26.0 Å². The Labute approximate surface area is 112 Å². The number of thiocarbonyl (C=S) groups is 1. The molecule has 0 aliphatic carbocycles. The van der Waals surface area contributed by atoms with Gasteiger partial charge in [-0.25, -0.2) is 0 Å². The minimum absolute atomic E-state index is 0. The predicted molar refractivity (Wildman–Crippen MR) is 60.3 cm³/mol. The predicted octanol–water partition coefficient (Wildman–Crippen LogP) is 1.78. The van der Waals surface area contributed by atoms with Crippen molar-refractivity contribution < 1.29 is 0 Å². The molecular weight excluding hydrogens is 214 g/mol. The van der Waals surface area contributed by atoms with Gasteiger partial charge in [-0.2, -0.15) is 0 Å². The molecule has 2 N–H and O–H groups in total. The molecule has 1 aromatic rings. The largest absolute Gasteiger partial charge is 0.385 e. The van der Waals surface area contributed by atoms with Gasteiger partial charge in [0.05, 0.1) is 0 Å². The second kappa shape index (κ2) is 7.15. The molecule has 0 spiro atoms. The molecule has 0 amide bonds. The van der Waals surface area contributed by atoms with Crippen molar-refractivity contribution in [3.8, 4) is 0 Å². The Morgan fingerprint density at radius 3 is 2.42 bits per heavy atom. The fraction of sp³-hybridized carbons (Fsp3) is 0.125. The Morgan fingerprint density at radius 1 is 1.33 bits per heavy atom. The molecule has 1 rings (SSSR count). The monoisotopic (exact) mass is 223 g/mol. The zero-order chi connectivity index (χ0) is 8.10. The van der Waals surface area contributed by atoms with Crippen LogP contribution in [0.25, 0.3) is 0 Å². The Bertz CT molecular complexity index is 238. The molecular formula is C8H9CaNS2. The van der Waals surface area contributed by atoms with Gasteiger partial charge in [-0.3, -0.25) is 0 Å². The van der Waals surface area contributed by atoms with Crippen molar-refractivity contribution in [1.82, 2.24) is 0 Å². The summed E-state index contributed by atoms with van der Waals surface area (Å²) in [6, 6.07) is 10.1. The summed E-state index contributed by atoms with van der Waals surface area (Å²) in [5.41, 5.74) is 6.59. The van der Waals surface area contributed by atoms with Gasteiger partial charge in [-0.1, -0.05) is 54.3 Å². The van der Waals surface area contributed by atoms with Crippen LogP contribution in [0, 0.1) is 0 Å². The van der Waals surface area contributed by atoms with E-state index in [4.69, 9.17) is 18.0 Å². The summed E-state index contributed by atoms with van der Waals surface area (Å²) >= 11 is 6.23. The number of hydrogen-bond acceptors (Lipinski definition) is 2. The second-order valence-corrected chi connectivity index (χ2v) is 3.81. The minimum atomic E-state index is 0. The van der Waals surface area contributed by atoms with Crippen LogP contribution in [0.1, 0.15) is 5.56 Å². The summed E-state index contributed by atoms with van der Waals surface area (Å²) in [6.45, 7) is 0. The van der Waals surface area contributed by atoms with Gasteiger partial charge in [-0.05, 0) is 5.56 Å². The molecule has 0 saturated heterocycles. The summed E-state index contributed by atoms with van der Waals surface area (Å²) in [5.74, 6) is 0.871. The molecule has 0 unspecified atom stereocenters. The van der Waals surface area contributed by atoms with Crippen LogP contribution in [-0.4, -0.2) is 42.1 Å². The van der Waals surface area contributed by atoms with E-state index in [-0.39, 0.29) is 37.7 Å². The van der Waals surface area contributed by atoms with Crippen molar-refractivity contribution in [2.45, 2.75) is 5.75 Å². The first-order valence-electron chi connectivity index (χ1n) is 3.25. The van der Waals surface area contributed by atoms with Crippen LogP contribution in [0.5, 0.6) is 0 Å². The third kappa shape index (κ3) is 5.38. The van der Waals surface area contributed by atoms with Crippen molar-refractivity contribution in [2.24, 2.45) is 5.73 Å². The molecule has 0 aromatic heterocycles. The van der Waals surface area contributed by atoms with Crippen LogP contribution < -0.4 is 5.73 Å². The molecule has 0 fully saturated rings. The number of benzene rings is 1. The number of rotatable bonds is 2. The molecule has 0 atom stereocenters. The maximum Gasteiger partial charge on any atom is 0.131 e. The van der Waals surface area contributed by atoms with E-state index >= 15 is 0 Å². The standard InChI is InChI=1S/C8H9NS2.Ca/c9-8(10)11-6-7-4-2-1-3-5-7;/h1-5H,6H2,(H2,9,10);. The van der Waals surface area contributed by atoms with Crippen LogP contribution in [0.3, 0.4) is 0 Å². The van der Waals surface area contributed by atoms with Crippen LogP contribution in [0.4, 0.5) is 0 Å². The Morgan fingerprint density at radius 2 is 1.92 bits per heavy atom. The summed E-state index contributed by atoms with van der Waals surface area (Å²) < 4.78 is 0.508. The van der Waals surface area contributed by atoms with Gasteiger partial charge in [0, 0.05) is 43.5 Å². The van der Waals surface area contributed by atoms with Crippen molar-refractivity contribution in [3.63, 3.8) is 0 Å². The van der Waals surface area contributed by atoms with Crippen molar-refractivity contribution in [3.05, 3.63) is 35.9 Å². The van der Waals surface area contributed by atoms with Crippen LogP contribution in [-0.2, 0) is 5.75 Å². The molecule has 0 aliphatic rings. The minimum Gasteiger partial charge on any atom is -0.385 e. The maximum absolute atomic E-state index is 5.33. The molecule has 0 heterocycles. The Hall–Kier alpha value is 0.720.